The lowest BCUT2D eigenvalue weighted by Gasteiger charge is -2.30. The van der Waals surface area contributed by atoms with E-state index in [1.165, 1.54) is 39.8 Å². The van der Waals surface area contributed by atoms with E-state index < -0.39 is 48.0 Å². The van der Waals surface area contributed by atoms with Crippen molar-refractivity contribution in [1.29, 1.82) is 0 Å². The van der Waals surface area contributed by atoms with Crippen molar-refractivity contribution in [3.63, 3.8) is 0 Å². The third-order valence-electron chi connectivity index (χ3n) is 8.39. The number of ketones is 2. The second-order valence-electron chi connectivity index (χ2n) is 12.4. The zero-order valence-corrected chi connectivity index (χ0v) is 31.0. The number of aliphatic hydroxyl groups excluding tert-OH is 1. The molecule has 0 radical (unpaired) electrons. The normalized spacial score (nSPS) is 29.9. The summed E-state index contributed by atoms with van der Waals surface area (Å²) in [5.41, 5.74) is 1.46. The predicted molar refractivity (Wildman–Crippen MR) is 190 cm³/mol. The van der Waals surface area contributed by atoms with E-state index in [1.807, 2.05) is 19.9 Å². The maximum atomic E-state index is 13.8. The SMILES string of the molecule is COC1/C=C\C=C(/C)C(=O)NC2=CC(=O)C(NCCCCCCPP)=C(C[C@@H](C)C[C@H](OC)[C@H](O)[C@@H](C)/C=C(\C)[C@@H]1OC(C)=O)C2=O. The number of fused-ring (bicyclic) bond motifs is 2. The fraction of sp³-hybridized carbons (Fsp3) is 0.600. The number of carbonyl (C=O) groups excluding carboxylic acids is 4. The van der Waals surface area contributed by atoms with Crippen molar-refractivity contribution in [2.24, 2.45) is 11.8 Å². The van der Waals surface area contributed by atoms with Crippen LogP contribution in [0.5, 0.6) is 0 Å². The molecule has 0 aromatic heterocycles. The summed E-state index contributed by atoms with van der Waals surface area (Å²) in [5.74, 6) is -2.37. The molecule has 0 spiro atoms. The molecule has 10 nitrogen and oxygen atoms in total. The number of aliphatic hydroxyl groups is 1. The number of hydrogen-bond donors (Lipinski definition) is 3. The van der Waals surface area contributed by atoms with Gasteiger partial charge in [-0.1, -0.05) is 51.0 Å². The van der Waals surface area contributed by atoms with Gasteiger partial charge >= 0.3 is 5.97 Å². The Morgan fingerprint density at radius 3 is 2.45 bits per heavy atom. The van der Waals surface area contributed by atoms with Crippen LogP contribution in [0.15, 0.2) is 58.5 Å². The molecule has 0 saturated carbocycles. The van der Waals surface area contributed by atoms with Crippen molar-refractivity contribution < 1.29 is 38.5 Å². The molecule has 12 heteroatoms. The second-order valence-corrected chi connectivity index (χ2v) is 14.5. The van der Waals surface area contributed by atoms with E-state index in [0.29, 0.717) is 24.1 Å². The number of allylic oxidation sites excluding steroid dienone is 4. The van der Waals surface area contributed by atoms with E-state index in [2.05, 4.69) is 19.6 Å². The Hall–Kier alpha value is -2.48. The van der Waals surface area contributed by atoms with E-state index >= 15 is 0 Å². The van der Waals surface area contributed by atoms with Crippen LogP contribution in [-0.4, -0.2) is 79.9 Å². The number of nitrogens with one attached hydrogen (secondary N) is 2. The van der Waals surface area contributed by atoms with E-state index in [1.54, 1.807) is 32.1 Å². The lowest BCUT2D eigenvalue weighted by molar-refractivity contribution is -0.149. The quantitative estimate of drug-likeness (QED) is 0.0912. The monoisotopic (exact) mass is 692 g/mol. The number of carbonyl (C=O) groups is 4. The van der Waals surface area contributed by atoms with Crippen molar-refractivity contribution in [3.05, 3.63) is 58.5 Å². The first kappa shape index (κ1) is 40.7. The van der Waals surface area contributed by atoms with Gasteiger partial charge < -0.3 is 30.0 Å². The van der Waals surface area contributed by atoms with Gasteiger partial charge in [-0.25, -0.2) is 0 Å². The van der Waals surface area contributed by atoms with Gasteiger partial charge in [-0.15, -0.1) is 17.2 Å². The van der Waals surface area contributed by atoms with Crippen LogP contribution >= 0.6 is 17.2 Å². The first-order valence-electron chi connectivity index (χ1n) is 16.3. The van der Waals surface area contributed by atoms with Gasteiger partial charge in [0.2, 0.25) is 11.6 Å². The van der Waals surface area contributed by atoms with Crippen molar-refractivity contribution in [3.8, 4) is 0 Å². The summed E-state index contributed by atoms with van der Waals surface area (Å²) in [6.07, 6.45) is 10.9. The first-order chi connectivity index (χ1) is 22.3. The van der Waals surface area contributed by atoms with Crippen LogP contribution in [0.4, 0.5) is 0 Å². The van der Waals surface area contributed by atoms with Crippen LogP contribution < -0.4 is 10.6 Å². The van der Waals surface area contributed by atoms with E-state index in [-0.39, 0.29) is 35.1 Å². The van der Waals surface area contributed by atoms with Gasteiger partial charge in [0.25, 0.3) is 5.91 Å². The van der Waals surface area contributed by atoms with Crippen molar-refractivity contribution in [1.82, 2.24) is 10.6 Å². The number of ether oxygens (including phenoxy) is 3. The molecule has 1 aliphatic heterocycles. The van der Waals surface area contributed by atoms with Crippen LogP contribution in [0.3, 0.4) is 0 Å². The summed E-state index contributed by atoms with van der Waals surface area (Å²) in [7, 11) is 6.65. The number of rotatable bonds is 11. The Bertz CT molecular complexity index is 1270. The number of amides is 1. The molecule has 0 aromatic carbocycles. The molecule has 2 aliphatic rings. The Morgan fingerprint density at radius 1 is 1.11 bits per heavy atom. The first-order valence-corrected chi connectivity index (χ1v) is 19.3. The van der Waals surface area contributed by atoms with Crippen molar-refractivity contribution in [2.75, 3.05) is 26.9 Å². The number of Topliss-reactive ketones (excluding diaryl/α,β-unsaturated/α-hetero) is 1. The molecule has 1 aliphatic carbocycles. The molecule has 0 aromatic rings. The molecular weight excluding hydrogens is 638 g/mol. The highest BCUT2D eigenvalue weighted by Crippen LogP contribution is 2.29. The summed E-state index contributed by atoms with van der Waals surface area (Å²) in [5, 5.41) is 17.2. The Morgan fingerprint density at radius 2 is 1.81 bits per heavy atom. The summed E-state index contributed by atoms with van der Waals surface area (Å²) in [6, 6.07) is 0. The topological polar surface area (TPSA) is 140 Å². The fourth-order valence-corrected chi connectivity index (χ4v) is 6.82. The molecular formula is C35H54N2O8P2. The lowest BCUT2D eigenvalue weighted by atomic mass is 9.85. The van der Waals surface area contributed by atoms with E-state index in [0.717, 1.165) is 27.5 Å². The van der Waals surface area contributed by atoms with Gasteiger partial charge in [0.15, 0.2) is 6.10 Å². The van der Waals surface area contributed by atoms with Crippen LogP contribution in [0.1, 0.15) is 73.1 Å². The summed E-state index contributed by atoms with van der Waals surface area (Å²) in [6.45, 7) is 9.06. The Balaban J connectivity index is 2.51. The molecule has 3 N–H and O–H groups in total. The van der Waals surface area contributed by atoms with Crippen LogP contribution in [0.2, 0.25) is 0 Å². The van der Waals surface area contributed by atoms with Crippen molar-refractivity contribution >= 4 is 40.6 Å². The summed E-state index contributed by atoms with van der Waals surface area (Å²) in [4.78, 5) is 52.4. The molecule has 3 unspecified atom stereocenters. The van der Waals surface area contributed by atoms with Gasteiger partial charge in [0.1, 0.15) is 6.10 Å². The number of esters is 1. The maximum absolute atomic E-state index is 13.8. The molecule has 1 heterocycles. The van der Waals surface area contributed by atoms with Crippen LogP contribution in [0.25, 0.3) is 0 Å². The average molecular weight is 693 g/mol. The smallest absolute Gasteiger partial charge is 0.303 e. The molecule has 2 bridgehead atoms. The van der Waals surface area contributed by atoms with Gasteiger partial charge in [-0.2, -0.15) is 0 Å². The molecule has 1 amide bonds. The third kappa shape index (κ3) is 12.8. The van der Waals surface area contributed by atoms with Gasteiger partial charge in [0, 0.05) is 50.8 Å². The Kier molecular flexibility index (Phi) is 18.0. The molecule has 47 heavy (non-hydrogen) atoms. The standard InChI is InChI=1S/C35H54N2O8P2/c1-21-17-26-31(36-15-10-8-9-11-16-47-46)28(39)20-27(33(26)41)37-35(42)22(2)13-12-14-29(43-6)34(45-25(5)38)24(4)19-23(3)32(40)30(18-21)44-7/h12-14,19-21,23,29-30,32,34,36,40,47H,8-11,15-18,46H2,1-7H3,(H,37,42)/b14-12-,22-13+,24-19+/t21-,23+,29?,30+,32-,34+/m1/s1. The highest BCUT2D eigenvalue weighted by atomic mass is 32.0. The third-order valence-corrected chi connectivity index (χ3v) is 9.90. The molecule has 262 valence electrons. The van der Waals surface area contributed by atoms with Gasteiger partial charge in [-0.05, 0) is 57.2 Å². The number of hydrogen-bond acceptors (Lipinski definition) is 9. The summed E-state index contributed by atoms with van der Waals surface area (Å²) >= 11 is 0. The maximum Gasteiger partial charge on any atom is 0.303 e. The van der Waals surface area contributed by atoms with Crippen molar-refractivity contribution in [2.45, 2.75) is 97.6 Å². The zero-order valence-electron chi connectivity index (χ0n) is 28.9. The molecule has 0 saturated heterocycles. The highest BCUT2D eigenvalue weighted by Gasteiger charge is 2.33. The summed E-state index contributed by atoms with van der Waals surface area (Å²) < 4.78 is 17.0. The van der Waals surface area contributed by atoms with Crippen LogP contribution in [-0.2, 0) is 33.4 Å². The second kappa shape index (κ2) is 20.8. The molecule has 2 rings (SSSR count). The highest BCUT2D eigenvalue weighted by molar-refractivity contribution is 8.02. The zero-order chi connectivity index (χ0) is 35.1. The van der Waals surface area contributed by atoms with Crippen LogP contribution in [0, 0.1) is 11.8 Å². The van der Waals surface area contributed by atoms with E-state index in [4.69, 9.17) is 14.2 Å². The minimum Gasteiger partial charge on any atom is -0.455 e. The minimum atomic E-state index is -0.920. The lowest BCUT2D eigenvalue weighted by Crippen LogP contribution is -2.37. The number of unbranched alkanes of at least 4 members (excludes halogenated alkanes) is 3. The number of methoxy groups -OCH3 is 2. The average Bonchev–Trinajstić information content (AvgIpc) is 3.02. The largest absolute Gasteiger partial charge is 0.455 e. The molecule has 0 fully saturated rings. The van der Waals surface area contributed by atoms with E-state index in [9.17, 15) is 24.3 Å². The van der Waals surface area contributed by atoms with Gasteiger partial charge in [0.05, 0.1) is 23.6 Å². The fourth-order valence-electron chi connectivity index (χ4n) is 5.75. The molecule has 8 atom stereocenters. The minimum absolute atomic E-state index is 0.0814. The predicted octanol–water partition coefficient (Wildman–Crippen LogP) is 4.85. The van der Waals surface area contributed by atoms with Gasteiger partial charge in [-0.3, -0.25) is 19.2 Å². The Labute approximate surface area is 284 Å².